The summed E-state index contributed by atoms with van der Waals surface area (Å²) in [6, 6.07) is 3.72. The second-order valence-electron chi connectivity index (χ2n) is 4.32. The molecule has 0 bridgehead atoms. The number of hydrogen-bond acceptors (Lipinski definition) is 3. The molecule has 0 spiro atoms. The number of rotatable bonds is 3. The first-order chi connectivity index (χ1) is 8.27. The van der Waals surface area contributed by atoms with E-state index >= 15 is 0 Å². The average molecular weight is 247 g/mol. The number of nitrogens with zero attached hydrogens (tertiary/aromatic N) is 1. The Morgan fingerprint density at radius 3 is 2.94 bits per heavy atom. The van der Waals surface area contributed by atoms with Gasteiger partial charge in [-0.3, -0.25) is 4.79 Å². The number of amides is 1. The molecule has 2 heterocycles. The standard InChI is InChI=1S/C13H13NO2S/c1-14(10-5-7-17-8-10)13(15)11-4-6-16-12(11)9-2-3-9/h4-9H,2-3H2,1H3. The van der Waals surface area contributed by atoms with E-state index in [4.69, 9.17) is 4.42 Å². The van der Waals surface area contributed by atoms with Gasteiger partial charge in [-0.1, -0.05) is 0 Å². The van der Waals surface area contributed by atoms with Crippen molar-refractivity contribution in [2.24, 2.45) is 0 Å². The number of furan rings is 1. The van der Waals surface area contributed by atoms with Crippen LogP contribution in [0.3, 0.4) is 0 Å². The maximum Gasteiger partial charge on any atom is 0.261 e. The van der Waals surface area contributed by atoms with E-state index in [-0.39, 0.29) is 5.91 Å². The van der Waals surface area contributed by atoms with Gasteiger partial charge in [0.15, 0.2) is 0 Å². The van der Waals surface area contributed by atoms with Gasteiger partial charge >= 0.3 is 0 Å². The summed E-state index contributed by atoms with van der Waals surface area (Å²) in [5.74, 6) is 1.33. The van der Waals surface area contributed by atoms with Gasteiger partial charge in [0.2, 0.25) is 0 Å². The smallest absolute Gasteiger partial charge is 0.261 e. The SMILES string of the molecule is CN(C(=O)c1ccoc1C1CC1)c1ccsc1. The second kappa shape index (κ2) is 4.04. The summed E-state index contributed by atoms with van der Waals surface area (Å²) in [6.07, 6.45) is 3.88. The van der Waals surface area contributed by atoms with Crippen LogP contribution in [0.25, 0.3) is 0 Å². The van der Waals surface area contributed by atoms with E-state index in [0.29, 0.717) is 11.5 Å². The first-order valence-corrected chi connectivity index (χ1v) is 6.59. The van der Waals surface area contributed by atoms with Gasteiger partial charge < -0.3 is 9.32 Å². The third-order valence-corrected chi connectivity index (χ3v) is 3.74. The van der Waals surface area contributed by atoms with Crippen molar-refractivity contribution in [3.8, 4) is 0 Å². The zero-order valence-corrected chi connectivity index (χ0v) is 10.4. The van der Waals surface area contributed by atoms with Crippen LogP contribution in [-0.2, 0) is 0 Å². The second-order valence-corrected chi connectivity index (χ2v) is 5.10. The number of anilines is 1. The molecule has 0 unspecified atom stereocenters. The van der Waals surface area contributed by atoms with Crippen LogP contribution < -0.4 is 4.90 Å². The highest BCUT2D eigenvalue weighted by atomic mass is 32.1. The Morgan fingerprint density at radius 2 is 2.29 bits per heavy atom. The highest BCUT2D eigenvalue weighted by molar-refractivity contribution is 7.08. The van der Waals surface area contributed by atoms with Gasteiger partial charge in [0.25, 0.3) is 5.91 Å². The lowest BCUT2D eigenvalue weighted by Crippen LogP contribution is -2.26. The molecule has 4 heteroatoms. The molecule has 17 heavy (non-hydrogen) atoms. The summed E-state index contributed by atoms with van der Waals surface area (Å²) in [6.45, 7) is 0. The zero-order valence-electron chi connectivity index (χ0n) is 9.55. The monoisotopic (exact) mass is 247 g/mol. The van der Waals surface area contributed by atoms with Crippen LogP contribution in [0, 0.1) is 0 Å². The molecule has 0 N–H and O–H groups in total. The molecule has 88 valence electrons. The number of hydrogen-bond donors (Lipinski definition) is 0. The maximum absolute atomic E-state index is 12.3. The first kappa shape index (κ1) is 10.6. The summed E-state index contributed by atoms with van der Waals surface area (Å²) < 4.78 is 5.43. The van der Waals surface area contributed by atoms with Gasteiger partial charge in [-0.05, 0) is 30.4 Å². The predicted molar refractivity (Wildman–Crippen MR) is 67.7 cm³/mol. The molecule has 1 aliphatic rings. The molecule has 3 rings (SSSR count). The van der Waals surface area contributed by atoms with Crippen LogP contribution in [0.2, 0.25) is 0 Å². The molecule has 0 saturated heterocycles. The quantitative estimate of drug-likeness (QED) is 0.831. The molecule has 1 aliphatic carbocycles. The van der Waals surface area contributed by atoms with Gasteiger partial charge in [0, 0.05) is 18.3 Å². The fourth-order valence-electron chi connectivity index (χ4n) is 1.91. The van der Waals surface area contributed by atoms with Crippen molar-refractivity contribution in [1.82, 2.24) is 0 Å². The Hall–Kier alpha value is -1.55. The lowest BCUT2D eigenvalue weighted by Gasteiger charge is -2.15. The summed E-state index contributed by atoms with van der Waals surface area (Å²) in [5.41, 5.74) is 1.64. The third kappa shape index (κ3) is 1.89. The van der Waals surface area contributed by atoms with Gasteiger partial charge in [-0.15, -0.1) is 0 Å². The predicted octanol–water partition coefficient (Wildman–Crippen LogP) is 3.50. The van der Waals surface area contributed by atoms with Crippen LogP contribution in [-0.4, -0.2) is 13.0 Å². The van der Waals surface area contributed by atoms with Crippen molar-refractivity contribution >= 4 is 22.9 Å². The van der Waals surface area contributed by atoms with Gasteiger partial charge in [0.1, 0.15) is 5.76 Å². The molecule has 0 aliphatic heterocycles. The Labute approximate surface area is 104 Å². The van der Waals surface area contributed by atoms with E-state index in [1.54, 1.807) is 35.6 Å². The molecule has 0 radical (unpaired) electrons. The largest absolute Gasteiger partial charge is 0.468 e. The Kier molecular flexibility index (Phi) is 2.52. The highest BCUT2D eigenvalue weighted by Crippen LogP contribution is 2.42. The maximum atomic E-state index is 12.3. The van der Waals surface area contributed by atoms with Crippen LogP contribution >= 0.6 is 11.3 Å². The minimum atomic E-state index is 0.0130. The van der Waals surface area contributed by atoms with Crippen molar-refractivity contribution in [2.45, 2.75) is 18.8 Å². The van der Waals surface area contributed by atoms with E-state index < -0.39 is 0 Å². The minimum absolute atomic E-state index is 0.0130. The molecule has 0 atom stereocenters. The van der Waals surface area contributed by atoms with E-state index in [2.05, 4.69) is 0 Å². The van der Waals surface area contributed by atoms with Crippen molar-refractivity contribution in [3.63, 3.8) is 0 Å². The molecule has 1 amide bonds. The van der Waals surface area contributed by atoms with E-state index in [1.807, 2.05) is 16.8 Å². The Morgan fingerprint density at radius 1 is 1.47 bits per heavy atom. The molecule has 1 saturated carbocycles. The van der Waals surface area contributed by atoms with Gasteiger partial charge in [-0.2, -0.15) is 11.3 Å². The third-order valence-electron chi connectivity index (χ3n) is 3.07. The fourth-order valence-corrected chi connectivity index (χ4v) is 2.58. The van der Waals surface area contributed by atoms with Crippen LogP contribution in [0.4, 0.5) is 5.69 Å². The highest BCUT2D eigenvalue weighted by Gasteiger charge is 2.32. The van der Waals surface area contributed by atoms with Gasteiger partial charge in [-0.25, -0.2) is 0 Å². The molecular formula is C13H13NO2S. The van der Waals surface area contributed by atoms with Gasteiger partial charge in [0.05, 0.1) is 17.5 Å². The number of carbonyl (C=O) groups excluding carboxylic acids is 1. The first-order valence-electron chi connectivity index (χ1n) is 5.65. The molecule has 1 fully saturated rings. The van der Waals surface area contributed by atoms with E-state index in [1.165, 1.54) is 0 Å². The molecule has 0 aromatic carbocycles. The van der Waals surface area contributed by atoms with Crippen molar-refractivity contribution in [2.75, 3.05) is 11.9 Å². The summed E-state index contributed by atoms with van der Waals surface area (Å²) in [4.78, 5) is 14.0. The molecule has 2 aromatic rings. The van der Waals surface area contributed by atoms with Crippen molar-refractivity contribution in [3.05, 3.63) is 40.5 Å². The lowest BCUT2D eigenvalue weighted by atomic mass is 10.1. The van der Waals surface area contributed by atoms with Crippen LogP contribution in [0.15, 0.2) is 33.6 Å². The summed E-state index contributed by atoms with van der Waals surface area (Å²) in [5, 5.41) is 3.94. The van der Waals surface area contributed by atoms with Crippen LogP contribution in [0.1, 0.15) is 34.9 Å². The molecular weight excluding hydrogens is 234 g/mol. The van der Waals surface area contributed by atoms with Crippen molar-refractivity contribution in [1.29, 1.82) is 0 Å². The fraction of sp³-hybridized carbons (Fsp3) is 0.308. The minimum Gasteiger partial charge on any atom is -0.468 e. The van der Waals surface area contributed by atoms with E-state index in [0.717, 1.165) is 24.3 Å². The Bertz CT molecular complexity index is 525. The van der Waals surface area contributed by atoms with Crippen LogP contribution in [0.5, 0.6) is 0 Å². The lowest BCUT2D eigenvalue weighted by molar-refractivity contribution is 0.0991. The molecule has 2 aromatic heterocycles. The summed E-state index contributed by atoms with van der Waals surface area (Å²) >= 11 is 1.59. The Balaban J connectivity index is 1.88. The number of thiophene rings is 1. The topological polar surface area (TPSA) is 33.5 Å². The summed E-state index contributed by atoms with van der Waals surface area (Å²) in [7, 11) is 1.80. The van der Waals surface area contributed by atoms with Crippen molar-refractivity contribution < 1.29 is 9.21 Å². The molecule has 3 nitrogen and oxygen atoms in total. The average Bonchev–Trinajstić information content (AvgIpc) is 2.86. The van der Waals surface area contributed by atoms with E-state index in [9.17, 15) is 4.79 Å². The number of carbonyl (C=O) groups is 1. The zero-order chi connectivity index (χ0) is 11.8. The normalized spacial score (nSPS) is 14.9.